The lowest BCUT2D eigenvalue weighted by molar-refractivity contribution is 0.0709. The Morgan fingerprint density at radius 3 is 2.38 bits per heavy atom. The highest BCUT2D eigenvalue weighted by atomic mass is 19.1. The minimum absolute atomic E-state index is 0.0571. The lowest BCUT2D eigenvalue weighted by Crippen LogP contribution is -2.37. The number of amides is 1. The summed E-state index contributed by atoms with van der Waals surface area (Å²) in [5.41, 5.74) is -0.291. The fraction of sp³-hybridized carbons (Fsp3) is 0.467. The Bertz CT molecular complexity index is 529. The van der Waals surface area contributed by atoms with Crippen molar-refractivity contribution in [3.63, 3.8) is 0 Å². The number of nitrogens with one attached hydrogen (secondary N) is 1. The van der Waals surface area contributed by atoms with Crippen LogP contribution in [0, 0.1) is 23.0 Å². The van der Waals surface area contributed by atoms with Gasteiger partial charge in [0.15, 0.2) is 0 Å². The molecule has 1 N–H and O–H groups in total. The van der Waals surface area contributed by atoms with Crippen molar-refractivity contribution in [2.24, 2.45) is 0 Å². The number of carbonyl (C=O) groups is 1. The molecule has 0 bridgehead atoms. The molecule has 21 heavy (non-hydrogen) atoms. The first-order valence-corrected chi connectivity index (χ1v) is 6.83. The molecule has 4 nitrogen and oxygen atoms in total. The molecule has 1 rings (SSSR count). The maximum Gasteiger partial charge on any atom is 0.254 e. The van der Waals surface area contributed by atoms with Gasteiger partial charge < -0.3 is 10.2 Å². The molecular formula is C15H19F2N3O. The molecule has 0 atom stereocenters. The van der Waals surface area contributed by atoms with Gasteiger partial charge in [0, 0.05) is 24.7 Å². The normalized spacial score (nSPS) is 10.3. The van der Waals surface area contributed by atoms with Gasteiger partial charge in [-0.2, -0.15) is 5.26 Å². The van der Waals surface area contributed by atoms with Crippen LogP contribution in [0.3, 0.4) is 0 Å². The van der Waals surface area contributed by atoms with Gasteiger partial charge in [-0.3, -0.25) is 4.79 Å². The number of nitrogens with zero attached hydrogens (tertiary/aromatic N) is 2. The fourth-order valence-corrected chi connectivity index (χ4v) is 1.97. The number of anilines is 1. The summed E-state index contributed by atoms with van der Waals surface area (Å²) in [5.74, 6) is -2.09. The largest absolute Gasteiger partial charge is 0.381 e. The zero-order valence-electron chi connectivity index (χ0n) is 12.4. The van der Waals surface area contributed by atoms with Gasteiger partial charge in [-0.05, 0) is 32.9 Å². The molecule has 0 aliphatic rings. The van der Waals surface area contributed by atoms with Crippen molar-refractivity contribution in [1.82, 2.24) is 4.90 Å². The lowest BCUT2D eigenvalue weighted by Gasteiger charge is -2.26. The van der Waals surface area contributed by atoms with E-state index in [1.54, 1.807) is 20.8 Å². The van der Waals surface area contributed by atoms with Crippen LogP contribution >= 0.6 is 0 Å². The van der Waals surface area contributed by atoms with E-state index in [4.69, 9.17) is 5.26 Å². The summed E-state index contributed by atoms with van der Waals surface area (Å²) in [4.78, 5) is 13.7. The quantitative estimate of drug-likeness (QED) is 0.877. The molecule has 0 aliphatic heterocycles. The summed E-state index contributed by atoms with van der Waals surface area (Å²) in [5, 5.41) is 11.2. The van der Waals surface area contributed by atoms with Crippen LogP contribution in [0.2, 0.25) is 0 Å². The van der Waals surface area contributed by atoms with E-state index in [-0.39, 0.29) is 30.3 Å². The smallest absolute Gasteiger partial charge is 0.254 e. The third kappa shape index (κ3) is 4.15. The number of rotatable bonds is 6. The third-order valence-electron chi connectivity index (χ3n) is 2.99. The van der Waals surface area contributed by atoms with E-state index in [0.29, 0.717) is 6.54 Å². The summed E-state index contributed by atoms with van der Waals surface area (Å²) >= 11 is 0. The van der Waals surface area contributed by atoms with Crippen molar-refractivity contribution in [3.8, 4) is 6.07 Å². The zero-order valence-corrected chi connectivity index (χ0v) is 12.4. The molecule has 0 unspecified atom stereocenters. The Hall–Kier alpha value is -2.16. The Labute approximate surface area is 123 Å². The van der Waals surface area contributed by atoms with Gasteiger partial charge in [-0.15, -0.1) is 0 Å². The van der Waals surface area contributed by atoms with E-state index in [0.717, 1.165) is 12.1 Å². The van der Waals surface area contributed by atoms with Crippen molar-refractivity contribution in [2.75, 3.05) is 18.4 Å². The van der Waals surface area contributed by atoms with Crippen LogP contribution in [-0.4, -0.2) is 29.9 Å². The number of nitriles is 1. The molecule has 1 aromatic carbocycles. The van der Waals surface area contributed by atoms with Gasteiger partial charge in [-0.1, -0.05) is 0 Å². The van der Waals surface area contributed by atoms with Gasteiger partial charge in [-0.25, -0.2) is 8.78 Å². The predicted molar refractivity (Wildman–Crippen MR) is 76.9 cm³/mol. The molecule has 6 heteroatoms. The predicted octanol–water partition coefficient (Wildman–Crippen LogP) is 3.16. The highest BCUT2D eigenvalue weighted by Gasteiger charge is 2.21. The number of hydrogen-bond donors (Lipinski definition) is 1. The molecule has 0 heterocycles. The Kier molecular flexibility index (Phi) is 6.10. The van der Waals surface area contributed by atoms with Crippen LogP contribution in [0.4, 0.5) is 14.5 Å². The van der Waals surface area contributed by atoms with E-state index in [9.17, 15) is 13.6 Å². The van der Waals surface area contributed by atoms with Crippen LogP contribution in [-0.2, 0) is 0 Å². The van der Waals surface area contributed by atoms with Crippen molar-refractivity contribution in [2.45, 2.75) is 33.2 Å². The highest BCUT2D eigenvalue weighted by Crippen LogP contribution is 2.22. The Morgan fingerprint density at radius 1 is 1.38 bits per heavy atom. The van der Waals surface area contributed by atoms with E-state index in [1.165, 1.54) is 4.90 Å². The summed E-state index contributed by atoms with van der Waals surface area (Å²) < 4.78 is 27.7. The zero-order chi connectivity index (χ0) is 16.0. The fourth-order valence-electron chi connectivity index (χ4n) is 1.97. The molecule has 0 fully saturated rings. The SMILES string of the molecule is CCNc1c(F)cc(C(=O)N(CCC#N)C(C)C)cc1F. The summed E-state index contributed by atoms with van der Waals surface area (Å²) in [6.45, 7) is 5.90. The van der Waals surface area contributed by atoms with E-state index in [2.05, 4.69) is 5.32 Å². The van der Waals surface area contributed by atoms with Crippen LogP contribution in [0.15, 0.2) is 12.1 Å². The van der Waals surface area contributed by atoms with Gasteiger partial charge in [0.25, 0.3) is 5.91 Å². The van der Waals surface area contributed by atoms with E-state index >= 15 is 0 Å². The summed E-state index contributed by atoms with van der Waals surface area (Å²) in [6, 6.07) is 3.83. The number of hydrogen-bond acceptors (Lipinski definition) is 3. The maximum atomic E-state index is 13.8. The lowest BCUT2D eigenvalue weighted by atomic mass is 10.1. The van der Waals surface area contributed by atoms with Crippen LogP contribution in [0.25, 0.3) is 0 Å². The molecule has 114 valence electrons. The Balaban J connectivity index is 3.09. The van der Waals surface area contributed by atoms with Gasteiger partial charge in [0.05, 0.1) is 12.5 Å². The molecule has 0 aliphatic carbocycles. The molecule has 1 amide bonds. The second-order valence-electron chi connectivity index (χ2n) is 4.85. The Morgan fingerprint density at radius 2 is 1.95 bits per heavy atom. The van der Waals surface area contributed by atoms with Crippen LogP contribution in [0.5, 0.6) is 0 Å². The number of benzene rings is 1. The second kappa shape index (κ2) is 7.58. The molecule has 0 spiro atoms. The van der Waals surface area contributed by atoms with Crippen molar-refractivity contribution in [1.29, 1.82) is 5.26 Å². The molecule has 0 radical (unpaired) electrons. The summed E-state index contributed by atoms with van der Waals surface area (Å²) in [7, 11) is 0. The van der Waals surface area contributed by atoms with Crippen molar-refractivity contribution >= 4 is 11.6 Å². The first kappa shape index (κ1) is 16.9. The minimum atomic E-state index is -0.802. The standard InChI is InChI=1S/C15H19F2N3O/c1-4-19-14-12(16)8-11(9-13(14)17)15(21)20(10(2)3)7-5-6-18/h8-10,19H,4-5,7H2,1-3H3. The van der Waals surface area contributed by atoms with Crippen LogP contribution < -0.4 is 5.32 Å². The molecule has 0 aromatic heterocycles. The highest BCUT2D eigenvalue weighted by molar-refractivity contribution is 5.94. The van der Waals surface area contributed by atoms with Gasteiger partial charge in [0.1, 0.15) is 17.3 Å². The topological polar surface area (TPSA) is 56.1 Å². The number of halogens is 2. The third-order valence-corrected chi connectivity index (χ3v) is 2.99. The average Bonchev–Trinajstić information content (AvgIpc) is 2.42. The van der Waals surface area contributed by atoms with E-state index < -0.39 is 17.5 Å². The first-order chi connectivity index (χ1) is 9.92. The average molecular weight is 295 g/mol. The van der Waals surface area contributed by atoms with Gasteiger partial charge in [0.2, 0.25) is 0 Å². The van der Waals surface area contributed by atoms with Crippen molar-refractivity contribution in [3.05, 3.63) is 29.3 Å². The summed E-state index contributed by atoms with van der Waals surface area (Å²) in [6.07, 6.45) is 0.171. The van der Waals surface area contributed by atoms with Gasteiger partial charge >= 0.3 is 0 Å². The first-order valence-electron chi connectivity index (χ1n) is 6.83. The minimum Gasteiger partial charge on any atom is -0.381 e. The molecule has 0 saturated heterocycles. The van der Waals surface area contributed by atoms with Crippen LogP contribution in [0.1, 0.15) is 37.6 Å². The maximum absolute atomic E-state index is 13.8. The number of carbonyl (C=O) groups excluding carboxylic acids is 1. The molecule has 0 saturated carbocycles. The van der Waals surface area contributed by atoms with E-state index in [1.807, 2.05) is 6.07 Å². The van der Waals surface area contributed by atoms with Crippen molar-refractivity contribution < 1.29 is 13.6 Å². The monoisotopic (exact) mass is 295 g/mol. The molecule has 1 aromatic rings. The molecular weight excluding hydrogens is 276 g/mol. The second-order valence-corrected chi connectivity index (χ2v) is 4.85.